The molecule has 2 aromatic carbocycles. The lowest BCUT2D eigenvalue weighted by Gasteiger charge is -2.12. The molecule has 0 aliphatic carbocycles. The molecule has 0 bridgehead atoms. The second-order valence-electron chi connectivity index (χ2n) is 6.63. The van der Waals surface area contributed by atoms with Crippen molar-refractivity contribution in [1.82, 2.24) is 4.98 Å². The summed E-state index contributed by atoms with van der Waals surface area (Å²) in [7, 11) is 0. The number of thiazole rings is 1. The van der Waals surface area contributed by atoms with Crippen LogP contribution in [0.4, 0.5) is 16.6 Å². The van der Waals surface area contributed by atoms with E-state index in [1.165, 1.54) is 11.3 Å². The Bertz CT molecular complexity index is 1030. The van der Waals surface area contributed by atoms with Crippen molar-refractivity contribution in [3.8, 4) is 0 Å². The first-order chi connectivity index (χ1) is 13.6. The summed E-state index contributed by atoms with van der Waals surface area (Å²) in [5.74, 6) is -0.990. The minimum Gasteiger partial charge on any atom is -0.480 e. The van der Waals surface area contributed by atoms with Gasteiger partial charge in [-0.3, -0.25) is 9.59 Å². The Kier molecular flexibility index (Phi) is 5.12. The van der Waals surface area contributed by atoms with Gasteiger partial charge in [0.15, 0.2) is 10.9 Å². The molecule has 1 aliphatic rings. The lowest BCUT2D eigenvalue weighted by Crippen LogP contribution is -2.18. The van der Waals surface area contributed by atoms with Gasteiger partial charge >= 0.3 is 5.97 Å². The molecule has 0 atom stereocenters. The number of nitrogens with one attached hydrogen (secondary N) is 2. The van der Waals surface area contributed by atoms with E-state index in [2.05, 4.69) is 20.5 Å². The zero-order valence-electron chi connectivity index (χ0n) is 15.1. The van der Waals surface area contributed by atoms with Crippen molar-refractivity contribution in [3.63, 3.8) is 0 Å². The van der Waals surface area contributed by atoms with E-state index in [4.69, 9.17) is 5.11 Å². The molecule has 7 nitrogen and oxygen atoms in total. The fourth-order valence-corrected chi connectivity index (χ4v) is 4.23. The molecular formula is C20H20N4O3S. The van der Waals surface area contributed by atoms with Gasteiger partial charge in [0.1, 0.15) is 11.4 Å². The van der Waals surface area contributed by atoms with Crippen LogP contribution in [-0.2, 0) is 4.79 Å². The van der Waals surface area contributed by atoms with Crippen LogP contribution in [0, 0.1) is 0 Å². The third-order valence-electron chi connectivity index (χ3n) is 4.61. The molecule has 0 saturated carbocycles. The molecule has 3 aromatic rings. The fraction of sp³-hybridized carbons (Fsp3) is 0.250. The summed E-state index contributed by atoms with van der Waals surface area (Å²) in [5.41, 5.74) is 0.684. The van der Waals surface area contributed by atoms with Crippen molar-refractivity contribution in [2.45, 2.75) is 12.8 Å². The van der Waals surface area contributed by atoms with Gasteiger partial charge in [0.2, 0.25) is 0 Å². The minimum atomic E-state index is -1.00. The van der Waals surface area contributed by atoms with E-state index in [0.29, 0.717) is 16.4 Å². The molecule has 28 heavy (non-hydrogen) atoms. The molecule has 0 radical (unpaired) electrons. The van der Waals surface area contributed by atoms with Crippen molar-refractivity contribution >= 4 is 50.6 Å². The zero-order chi connectivity index (χ0) is 19.5. The Morgan fingerprint density at radius 2 is 1.86 bits per heavy atom. The van der Waals surface area contributed by atoms with E-state index in [1.54, 1.807) is 0 Å². The molecule has 4 rings (SSSR count). The first kappa shape index (κ1) is 18.2. The Labute approximate surface area is 166 Å². The predicted octanol–water partition coefficient (Wildman–Crippen LogP) is 3.65. The summed E-state index contributed by atoms with van der Waals surface area (Å²) >= 11 is 1.29. The number of aromatic nitrogens is 1. The highest BCUT2D eigenvalue weighted by atomic mass is 32.1. The quantitative estimate of drug-likeness (QED) is 0.589. The Morgan fingerprint density at radius 1 is 1.11 bits per heavy atom. The molecule has 1 fully saturated rings. The number of fused-ring (bicyclic) bond motifs is 1. The van der Waals surface area contributed by atoms with Crippen molar-refractivity contribution in [3.05, 3.63) is 47.3 Å². The number of aliphatic carboxylic acids is 1. The first-order valence-electron chi connectivity index (χ1n) is 9.12. The van der Waals surface area contributed by atoms with Crippen LogP contribution in [0.5, 0.6) is 0 Å². The molecule has 3 N–H and O–H groups in total. The fourth-order valence-electron chi connectivity index (χ4n) is 3.24. The molecule has 0 spiro atoms. The summed E-state index contributed by atoms with van der Waals surface area (Å²) in [6.07, 6.45) is 2.19. The highest BCUT2D eigenvalue weighted by Gasteiger charge is 2.23. The number of hydrogen-bond donors (Lipinski definition) is 3. The highest BCUT2D eigenvalue weighted by molar-refractivity contribution is 7.18. The molecule has 144 valence electrons. The highest BCUT2D eigenvalue weighted by Crippen LogP contribution is 2.32. The van der Waals surface area contributed by atoms with E-state index < -0.39 is 5.97 Å². The van der Waals surface area contributed by atoms with E-state index in [9.17, 15) is 9.59 Å². The topological polar surface area (TPSA) is 94.6 Å². The van der Waals surface area contributed by atoms with Crippen LogP contribution in [0.1, 0.15) is 22.5 Å². The van der Waals surface area contributed by atoms with Crippen LogP contribution in [0.25, 0.3) is 10.8 Å². The summed E-state index contributed by atoms with van der Waals surface area (Å²) in [4.78, 5) is 30.8. The largest absolute Gasteiger partial charge is 0.480 e. The average Bonchev–Trinajstić information content (AvgIpc) is 3.36. The molecule has 1 saturated heterocycles. The number of anilines is 3. The maximum absolute atomic E-state index is 12.9. The third-order valence-corrected chi connectivity index (χ3v) is 5.73. The molecule has 1 amide bonds. The number of hydrogen-bond acceptors (Lipinski definition) is 6. The van der Waals surface area contributed by atoms with Crippen molar-refractivity contribution in [1.29, 1.82) is 0 Å². The van der Waals surface area contributed by atoms with Gasteiger partial charge in [-0.05, 0) is 35.7 Å². The number of amides is 1. The van der Waals surface area contributed by atoms with Gasteiger partial charge in [0.25, 0.3) is 5.91 Å². The van der Waals surface area contributed by atoms with Gasteiger partial charge in [-0.2, -0.15) is 0 Å². The summed E-state index contributed by atoms with van der Waals surface area (Å²) in [6, 6.07) is 13.7. The number of carbonyl (C=O) groups excluding carboxylic acids is 1. The number of carboxylic acid groups (broad SMARTS) is 1. The van der Waals surface area contributed by atoms with E-state index in [-0.39, 0.29) is 12.5 Å². The average molecular weight is 396 g/mol. The maximum Gasteiger partial charge on any atom is 0.322 e. The Balaban J connectivity index is 1.59. The van der Waals surface area contributed by atoms with Gasteiger partial charge in [-0.1, -0.05) is 41.7 Å². The van der Waals surface area contributed by atoms with Gasteiger partial charge in [0, 0.05) is 18.8 Å². The van der Waals surface area contributed by atoms with Crippen LogP contribution in [0.15, 0.2) is 42.5 Å². The number of benzene rings is 2. The van der Waals surface area contributed by atoms with Crippen molar-refractivity contribution in [2.75, 3.05) is 35.2 Å². The number of carbonyl (C=O) groups is 2. The summed E-state index contributed by atoms with van der Waals surface area (Å²) < 4.78 is 0. The van der Waals surface area contributed by atoms with E-state index in [0.717, 1.165) is 41.8 Å². The van der Waals surface area contributed by atoms with Crippen LogP contribution in [0.2, 0.25) is 0 Å². The normalized spacial score (nSPS) is 13.6. The lowest BCUT2D eigenvalue weighted by atomic mass is 10.1. The standard InChI is InChI=1S/C20H20N4O3S/c25-16(26)12-21-18-17(28-20(23-18)24-9-3-4-10-24)19(27)22-15-8-7-13-5-1-2-6-14(13)11-15/h1-2,5-8,11,21H,3-4,9-10,12H2,(H,22,27)(H,25,26). The summed E-state index contributed by atoms with van der Waals surface area (Å²) in [6.45, 7) is 1.51. The monoisotopic (exact) mass is 396 g/mol. The second kappa shape index (κ2) is 7.85. The molecular weight excluding hydrogens is 376 g/mol. The summed E-state index contributed by atoms with van der Waals surface area (Å²) in [5, 5.41) is 17.5. The van der Waals surface area contributed by atoms with Crippen LogP contribution in [0.3, 0.4) is 0 Å². The van der Waals surface area contributed by atoms with Gasteiger partial charge in [-0.25, -0.2) is 4.98 Å². The zero-order valence-corrected chi connectivity index (χ0v) is 16.0. The van der Waals surface area contributed by atoms with Crippen molar-refractivity contribution < 1.29 is 14.7 Å². The smallest absolute Gasteiger partial charge is 0.322 e. The molecule has 8 heteroatoms. The first-order valence-corrected chi connectivity index (χ1v) is 9.93. The van der Waals surface area contributed by atoms with Gasteiger partial charge < -0.3 is 20.6 Å². The molecule has 1 aromatic heterocycles. The van der Waals surface area contributed by atoms with E-state index in [1.807, 2.05) is 42.5 Å². The SMILES string of the molecule is O=C(O)CNc1nc(N2CCCC2)sc1C(=O)Nc1ccc2ccccc2c1. The Hall–Kier alpha value is -3.13. The lowest BCUT2D eigenvalue weighted by molar-refractivity contribution is -0.134. The number of nitrogens with zero attached hydrogens (tertiary/aromatic N) is 2. The third kappa shape index (κ3) is 3.91. The molecule has 1 aliphatic heterocycles. The second-order valence-corrected chi connectivity index (χ2v) is 7.61. The minimum absolute atomic E-state index is 0.292. The van der Waals surface area contributed by atoms with Gasteiger partial charge in [0.05, 0.1) is 0 Å². The van der Waals surface area contributed by atoms with Crippen LogP contribution in [-0.4, -0.2) is 41.6 Å². The predicted molar refractivity (Wildman–Crippen MR) is 112 cm³/mol. The Morgan fingerprint density at radius 3 is 2.61 bits per heavy atom. The van der Waals surface area contributed by atoms with E-state index >= 15 is 0 Å². The molecule has 0 unspecified atom stereocenters. The number of rotatable bonds is 6. The van der Waals surface area contributed by atoms with Gasteiger partial charge in [-0.15, -0.1) is 0 Å². The maximum atomic E-state index is 12.9. The van der Waals surface area contributed by atoms with Crippen molar-refractivity contribution in [2.24, 2.45) is 0 Å². The number of carboxylic acids is 1. The van der Waals surface area contributed by atoms with Crippen LogP contribution < -0.4 is 15.5 Å². The van der Waals surface area contributed by atoms with Crippen LogP contribution >= 0.6 is 11.3 Å². The molecule has 2 heterocycles.